The fourth-order valence-electron chi connectivity index (χ4n) is 3.24. The topological polar surface area (TPSA) is 66.1 Å². The van der Waals surface area contributed by atoms with Gasteiger partial charge in [0, 0.05) is 19.2 Å². The molecule has 1 saturated heterocycles. The summed E-state index contributed by atoms with van der Waals surface area (Å²) >= 11 is 0. The van der Waals surface area contributed by atoms with Crippen molar-refractivity contribution in [2.75, 3.05) is 13.1 Å². The second-order valence-electron chi connectivity index (χ2n) is 6.38. The monoisotopic (exact) mass is 311 g/mol. The maximum Gasteiger partial charge on any atom is 0.274 e. The number of nitrogens with zero attached hydrogens (tertiary/aromatic N) is 2. The van der Waals surface area contributed by atoms with Crippen molar-refractivity contribution in [2.24, 2.45) is 0 Å². The number of rotatable bonds is 2. The minimum atomic E-state index is -0.297. The average Bonchev–Trinajstić information content (AvgIpc) is 2.79. The van der Waals surface area contributed by atoms with Gasteiger partial charge in [-0.1, -0.05) is 37.3 Å². The lowest BCUT2D eigenvalue weighted by atomic mass is 9.76. The van der Waals surface area contributed by atoms with Crippen LogP contribution in [0.15, 0.2) is 47.3 Å². The summed E-state index contributed by atoms with van der Waals surface area (Å²) in [5, 5.41) is 6.17. The van der Waals surface area contributed by atoms with Crippen LogP contribution in [0.25, 0.3) is 0 Å². The molecule has 3 rings (SSSR count). The van der Waals surface area contributed by atoms with Gasteiger partial charge in [-0.05, 0) is 36.3 Å². The first-order chi connectivity index (χ1) is 11.1. The first-order valence-corrected chi connectivity index (χ1v) is 7.99. The Morgan fingerprint density at radius 1 is 1.13 bits per heavy atom. The number of aromatic amines is 1. The second-order valence-corrected chi connectivity index (χ2v) is 6.38. The van der Waals surface area contributed by atoms with Crippen LogP contribution in [0.3, 0.4) is 0 Å². The van der Waals surface area contributed by atoms with Crippen molar-refractivity contribution in [1.82, 2.24) is 15.1 Å². The Balaban J connectivity index is 1.74. The zero-order chi connectivity index (χ0) is 16.3. The smallest absolute Gasteiger partial charge is 0.274 e. The molecule has 120 valence electrons. The number of benzene rings is 1. The quantitative estimate of drug-likeness (QED) is 0.926. The van der Waals surface area contributed by atoms with Crippen LogP contribution in [0.1, 0.15) is 42.2 Å². The molecule has 2 heterocycles. The lowest BCUT2D eigenvalue weighted by Gasteiger charge is -2.29. The van der Waals surface area contributed by atoms with E-state index in [4.69, 9.17) is 0 Å². The largest absolute Gasteiger partial charge is 0.337 e. The number of likely N-dealkylation sites (tertiary alicyclic amines) is 1. The Hall–Kier alpha value is -2.43. The van der Waals surface area contributed by atoms with E-state index in [0.717, 1.165) is 25.8 Å². The van der Waals surface area contributed by atoms with Gasteiger partial charge in [0.1, 0.15) is 5.69 Å². The van der Waals surface area contributed by atoms with Gasteiger partial charge in [-0.2, -0.15) is 5.10 Å². The Kier molecular flexibility index (Phi) is 4.28. The van der Waals surface area contributed by atoms with Crippen molar-refractivity contribution in [3.8, 4) is 0 Å². The van der Waals surface area contributed by atoms with Gasteiger partial charge in [-0.25, -0.2) is 5.10 Å². The number of hydrogen-bond acceptors (Lipinski definition) is 3. The first kappa shape index (κ1) is 15.5. The van der Waals surface area contributed by atoms with Crippen molar-refractivity contribution < 1.29 is 4.79 Å². The number of hydrogen-bond donors (Lipinski definition) is 1. The number of aromatic nitrogens is 2. The molecule has 1 aromatic carbocycles. The van der Waals surface area contributed by atoms with E-state index in [9.17, 15) is 9.59 Å². The molecule has 0 spiro atoms. The molecule has 1 aliphatic rings. The number of amides is 1. The third-order valence-corrected chi connectivity index (χ3v) is 4.75. The molecule has 0 radical (unpaired) electrons. The number of nitrogens with one attached hydrogen (secondary N) is 1. The van der Waals surface area contributed by atoms with E-state index in [1.807, 2.05) is 11.0 Å². The van der Waals surface area contributed by atoms with Gasteiger partial charge in [0.15, 0.2) is 0 Å². The predicted octanol–water partition coefficient (Wildman–Crippen LogP) is 2.35. The summed E-state index contributed by atoms with van der Waals surface area (Å²) in [4.78, 5) is 25.5. The Morgan fingerprint density at radius 2 is 1.91 bits per heavy atom. The van der Waals surface area contributed by atoms with Gasteiger partial charge in [0.2, 0.25) is 0 Å². The highest BCUT2D eigenvalue weighted by atomic mass is 16.2. The molecule has 0 bridgehead atoms. The molecule has 5 heteroatoms. The molecule has 1 amide bonds. The van der Waals surface area contributed by atoms with Gasteiger partial charge in [0.25, 0.3) is 11.5 Å². The van der Waals surface area contributed by atoms with E-state index in [1.54, 1.807) is 0 Å². The van der Waals surface area contributed by atoms with E-state index in [0.29, 0.717) is 12.2 Å². The first-order valence-electron chi connectivity index (χ1n) is 7.99. The second kappa shape index (κ2) is 6.36. The Labute approximate surface area is 135 Å². The summed E-state index contributed by atoms with van der Waals surface area (Å²) in [5.41, 5.74) is 1.42. The van der Waals surface area contributed by atoms with Crippen LogP contribution in [-0.4, -0.2) is 34.1 Å². The number of carbonyl (C=O) groups is 1. The van der Waals surface area contributed by atoms with Gasteiger partial charge in [-0.3, -0.25) is 9.59 Å². The summed E-state index contributed by atoms with van der Waals surface area (Å²) in [6.45, 7) is 3.70. The molecule has 0 saturated carbocycles. The third kappa shape index (κ3) is 3.33. The fourth-order valence-corrected chi connectivity index (χ4v) is 3.24. The number of carbonyl (C=O) groups excluding carboxylic acids is 1. The summed E-state index contributed by atoms with van der Waals surface area (Å²) < 4.78 is 0. The molecule has 1 aliphatic heterocycles. The zero-order valence-electron chi connectivity index (χ0n) is 13.3. The van der Waals surface area contributed by atoms with Crippen molar-refractivity contribution in [3.05, 3.63) is 64.1 Å². The summed E-state index contributed by atoms with van der Waals surface area (Å²) in [6, 6.07) is 13.3. The van der Waals surface area contributed by atoms with Crippen molar-refractivity contribution in [3.63, 3.8) is 0 Å². The van der Waals surface area contributed by atoms with Gasteiger partial charge in [-0.15, -0.1) is 0 Å². The highest BCUT2D eigenvalue weighted by Gasteiger charge is 2.31. The minimum absolute atomic E-state index is 0.0920. The standard InChI is InChI=1S/C18H21N3O2/c1-18(14-6-3-2-4-7-14)10-5-12-21(13-11-18)17(23)15-8-9-16(22)20-19-15/h2-4,6-9H,5,10-13H2,1H3,(H,20,22). The van der Waals surface area contributed by atoms with E-state index in [1.165, 1.54) is 17.7 Å². The maximum atomic E-state index is 12.6. The SMILES string of the molecule is CC1(c2ccccc2)CCCN(C(=O)c2ccc(=O)[nH]n2)CC1. The van der Waals surface area contributed by atoms with Crippen molar-refractivity contribution >= 4 is 5.91 Å². The lowest BCUT2D eigenvalue weighted by molar-refractivity contribution is 0.0752. The lowest BCUT2D eigenvalue weighted by Crippen LogP contribution is -2.34. The fraction of sp³-hybridized carbons (Fsp3) is 0.389. The minimum Gasteiger partial charge on any atom is -0.337 e. The van der Waals surface area contributed by atoms with Crippen molar-refractivity contribution in [1.29, 1.82) is 0 Å². The highest BCUT2D eigenvalue weighted by Crippen LogP contribution is 2.35. The van der Waals surface area contributed by atoms with Crippen LogP contribution in [0.2, 0.25) is 0 Å². The van der Waals surface area contributed by atoms with Gasteiger partial charge >= 0.3 is 0 Å². The van der Waals surface area contributed by atoms with Gasteiger partial charge < -0.3 is 4.90 Å². The molecule has 5 nitrogen and oxygen atoms in total. The molecule has 0 aliphatic carbocycles. The van der Waals surface area contributed by atoms with E-state index < -0.39 is 0 Å². The molecule has 2 aromatic rings. The van der Waals surface area contributed by atoms with Crippen LogP contribution in [0.5, 0.6) is 0 Å². The summed E-state index contributed by atoms with van der Waals surface area (Å²) in [7, 11) is 0. The molecule has 1 aromatic heterocycles. The van der Waals surface area contributed by atoms with Crippen LogP contribution in [0, 0.1) is 0 Å². The van der Waals surface area contributed by atoms with Crippen molar-refractivity contribution in [2.45, 2.75) is 31.6 Å². The molecule has 1 fully saturated rings. The Bertz CT molecular complexity index is 721. The summed E-state index contributed by atoms with van der Waals surface area (Å²) in [6.07, 6.45) is 2.94. The van der Waals surface area contributed by atoms with Crippen LogP contribution >= 0.6 is 0 Å². The third-order valence-electron chi connectivity index (χ3n) is 4.75. The molecule has 1 unspecified atom stereocenters. The number of H-pyrrole nitrogens is 1. The Morgan fingerprint density at radius 3 is 2.61 bits per heavy atom. The van der Waals surface area contributed by atoms with Gasteiger partial charge in [0.05, 0.1) is 0 Å². The molecular formula is C18H21N3O2. The zero-order valence-corrected chi connectivity index (χ0v) is 13.3. The van der Waals surface area contributed by atoms with E-state index in [2.05, 4.69) is 41.4 Å². The maximum absolute atomic E-state index is 12.6. The van der Waals surface area contributed by atoms with Crippen LogP contribution < -0.4 is 5.56 Å². The summed E-state index contributed by atoms with van der Waals surface area (Å²) in [5.74, 6) is -0.112. The van der Waals surface area contributed by atoms with E-state index in [-0.39, 0.29) is 16.9 Å². The molecule has 1 N–H and O–H groups in total. The molecule has 1 atom stereocenters. The van der Waals surface area contributed by atoms with Crippen LogP contribution in [0.4, 0.5) is 0 Å². The molecular weight excluding hydrogens is 290 g/mol. The molecule has 23 heavy (non-hydrogen) atoms. The van der Waals surface area contributed by atoms with Crippen LogP contribution in [-0.2, 0) is 5.41 Å². The predicted molar refractivity (Wildman–Crippen MR) is 88.4 cm³/mol. The normalized spacial score (nSPS) is 21.7. The average molecular weight is 311 g/mol. The highest BCUT2D eigenvalue weighted by molar-refractivity contribution is 5.92. The van der Waals surface area contributed by atoms with E-state index >= 15 is 0 Å².